The second-order valence-electron chi connectivity index (χ2n) is 12.7. The molecule has 0 unspecified atom stereocenters. The Labute approximate surface area is 269 Å². The lowest BCUT2D eigenvalue weighted by molar-refractivity contribution is -0.144. The normalized spacial score (nSPS) is 27.6. The van der Waals surface area contributed by atoms with Gasteiger partial charge in [-0.25, -0.2) is 4.79 Å². The van der Waals surface area contributed by atoms with E-state index in [-0.39, 0.29) is 24.2 Å². The van der Waals surface area contributed by atoms with Gasteiger partial charge in [0, 0.05) is 31.2 Å². The van der Waals surface area contributed by atoms with E-state index in [9.17, 15) is 19.8 Å². The molecule has 0 radical (unpaired) electrons. The lowest BCUT2D eigenvalue weighted by atomic mass is 9.75. The van der Waals surface area contributed by atoms with E-state index in [2.05, 4.69) is 10.6 Å². The molecule has 6 rings (SSSR count). The molecular formula is C36H43N3O7. The van der Waals surface area contributed by atoms with Gasteiger partial charge in [0.1, 0.15) is 6.10 Å². The first-order valence-corrected chi connectivity index (χ1v) is 16.1. The van der Waals surface area contributed by atoms with Crippen molar-refractivity contribution in [2.24, 2.45) is 11.7 Å². The molecule has 244 valence electrons. The van der Waals surface area contributed by atoms with Crippen LogP contribution in [-0.2, 0) is 38.3 Å². The van der Waals surface area contributed by atoms with Gasteiger partial charge in [0.15, 0.2) is 5.78 Å². The quantitative estimate of drug-likeness (QED) is 0.190. The smallest absolute Gasteiger partial charge is 0.407 e. The van der Waals surface area contributed by atoms with Gasteiger partial charge < -0.3 is 35.1 Å². The number of alkyl carbamates (subject to hydrolysis) is 1. The SMILES string of the molecule is N[C@@H](O)O[C@@H]1Cc2ccccc2[C@@H]1[C@@H]1CN[C@@](Cc2ccccc2)(C[C@H](O)[C@H](Cc2ccccc2)NC(=O)O[C@H]2CCOC2)C1=O. The maximum absolute atomic E-state index is 14.8. The third kappa shape index (κ3) is 7.33. The first-order valence-electron chi connectivity index (χ1n) is 16.1. The van der Waals surface area contributed by atoms with Crippen molar-refractivity contribution in [1.29, 1.82) is 0 Å². The summed E-state index contributed by atoms with van der Waals surface area (Å²) < 4.78 is 16.7. The first-order chi connectivity index (χ1) is 22.3. The van der Waals surface area contributed by atoms with Crippen molar-refractivity contribution >= 4 is 11.9 Å². The third-order valence-corrected chi connectivity index (χ3v) is 9.59. The summed E-state index contributed by atoms with van der Waals surface area (Å²) in [6.07, 6.45) is -2.11. The maximum atomic E-state index is 14.8. The second kappa shape index (κ2) is 14.4. The largest absolute Gasteiger partial charge is 0.444 e. The van der Waals surface area contributed by atoms with E-state index in [0.29, 0.717) is 45.4 Å². The highest BCUT2D eigenvalue weighted by atomic mass is 16.6. The van der Waals surface area contributed by atoms with E-state index >= 15 is 0 Å². The fraction of sp³-hybridized carbons (Fsp3) is 0.444. The van der Waals surface area contributed by atoms with Gasteiger partial charge in [-0.1, -0.05) is 84.9 Å². The highest BCUT2D eigenvalue weighted by molar-refractivity contribution is 5.94. The molecule has 10 nitrogen and oxygen atoms in total. The summed E-state index contributed by atoms with van der Waals surface area (Å²) in [4.78, 5) is 27.8. The molecule has 46 heavy (non-hydrogen) atoms. The van der Waals surface area contributed by atoms with Crippen LogP contribution in [0.4, 0.5) is 4.79 Å². The Balaban J connectivity index is 1.28. The molecule has 0 saturated carbocycles. The molecule has 1 aliphatic carbocycles. The summed E-state index contributed by atoms with van der Waals surface area (Å²) in [6.45, 7) is 1.24. The van der Waals surface area contributed by atoms with Gasteiger partial charge in [0.05, 0.1) is 37.0 Å². The molecule has 8 atom stereocenters. The van der Waals surface area contributed by atoms with Crippen LogP contribution in [0.5, 0.6) is 0 Å². The van der Waals surface area contributed by atoms with Gasteiger partial charge >= 0.3 is 6.09 Å². The van der Waals surface area contributed by atoms with Crippen LogP contribution in [0, 0.1) is 5.92 Å². The molecule has 0 spiro atoms. The zero-order valence-electron chi connectivity index (χ0n) is 25.8. The molecule has 3 aromatic rings. The average molecular weight is 630 g/mol. The highest BCUT2D eigenvalue weighted by Gasteiger charge is 2.54. The van der Waals surface area contributed by atoms with Crippen LogP contribution in [0.15, 0.2) is 84.9 Å². The van der Waals surface area contributed by atoms with Gasteiger partial charge in [-0.2, -0.15) is 0 Å². The zero-order chi connectivity index (χ0) is 32.1. The number of nitrogens with two attached hydrogens (primary N) is 1. The molecular weight excluding hydrogens is 586 g/mol. The Morgan fingerprint density at radius 2 is 1.72 bits per heavy atom. The number of amides is 1. The van der Waals surface area contributed by atoms with E-state index in [1.54, 1.807) is 0 Å². The van der Waals surface area contributed by atoms with Crippen LogP contribution < -0.4 is 16.4 Å². The van der Waals surface area contributed by atoms with Gasteiger partial charge in [0.25, 0.3) is 0 Å². The molecule has 2 heterocycles. The average Bonchev–Trinajstić information content (AvgIpc) is 3.76. The minimum absolute atomic E-state index is 0.0404. The Morgan fingerprint density at radius 1 is 1.02 bits per heavy atom. The predicted octanol–water partition coefficient (Wildman–Crippen LogP) is 2.59. The number of hydrogen-bond acceptors (Lipinski definition) is 9. The molecule has 3 aliphatic rings. The number of fused-ring (bicyclic) bond motifs is 1. The van der Waals surface area contributed by atoms with Crippen molar-refractivity contribution in [2.45, 2.75) is 74.3 Å². The fourth-order valence-electron chi connectivity index (χ4n) is 7.44. The standard InChI is InChI=1S/C36H43N3O7/c37-34(42)46-31-18-25-13-7-8-14-27(25)32(31)28-21-38-36(33(28)41,19-24-11-5-2-6-12-24)20-30(40)29(17-23-9-3-1-4-10-23)39-35(43)45-26-15-16-44-22-26/h1-14,26,28-32,34,38,40,42H,15-22,37H2,(H,39,43)/t26-,28-,29-,30-,31+,32+,34-,36-/m0/s1. The number of benzene rings is 3. The van der Waals surface area contributed by atoms with Gasteiger partial charge in [0.2, 0.25) is 6.41 Å². The Hall–Kier alpha value is -3.64. The lowest BCUT2D eigenvalue weighted by Gasteiger charge is -2.35. The molecule has 0 bridgehead atoms. The minimum Gasteiger partial charge on any atom is -0.444 e. The second-order valence-corrected chi connectivity index (χ2v) is 12.7. The Kier molecular flexibility index (Phi) is 10.1. The Morgan fingerprint density at radius 3 is 2.41 bits per heavy atom. The number of aliphatic hydroxyl groups is 2. The summed E-state index contributed by atoms with van der Waals surface area (Å²) in [5.41, 5.74) is 8.47. The summed E-state index contributed by atoms with van der Waals surface area (Å²) in [5, 5.41) is 28.3. The zero-order valence-corrected chi connectivity index (χ0v) is 25.8. The monoisotopic (exact) mass is 629 g/mol. The number of ether oxygens (including phenoxy) is 3. The van der Waals surface area contributed by atoms with Gasteiger partial charge in [-0.05, 0) is 41.5 Å². The van der Waals surface area contributed by atoms with Gasteiger partial charge in [-0.15, -0.1) is 0 Å². The van der Waals surface area contributed by atoms with Crippen molar-refractivity contribution in [1.82, 2.24) is 10.6 Å². The molecule has 2 aliphatic heterocycles. The number of Topliss-reactive ketones (excluding diaryl/α,β-unsaturated/α-hetero) is 1. The van der Waals surface area contributed by atoms with E-state index in [4.69, 9.17) is 19.9 Å². The number of nitrogens with one attached hydrogen (secondary N) is 2. The summed E-state index contributed by atoms with van der Waals surface area (Å²) in [6, 6.07) is 26.5. The summed E-state index contributed by atoms with van der Waals surface area (Å²) in [7, 11) is 0. The molecule has 6 N–H and O–H groups in total. The van der Waals surface area contributed by atoms with Crippen LogP contribution >= 0.6 is 0 Å². The lowest BCUT2D eigenvalue weighted by Crippen LogP contribution is -2.55. The van der Waals surface area contributed by atoms with Crippen molar-refractivity contribution in [2.75, 3.05) is 19.8 Å². The van der Waals surface area contributed by atoms with Crippen molar-refractivity contribution in [3.8, 4) is 0 Å². The topological polar surface area (TPSA) is 152 Å². The molecule has 0 aromatic heterocycles. The number of carbonyl (C=O) groups is 2. The number of ketones is 1. The van der Waals surface area contributed by atoms with Crippen molar-refractivity contribution in [3.05, 3.63) is 107 Å². The van der Waals surface area contributed by atoms with Crippen LogP contribution in [-0.4, -0.2) is 78.2 Å². The number of carbonyl (C=O) groups excluding carboxylic acids is 2. The van der Waals surface area contributed by atoms with Crippen LogP contribution in [0.3, 0.4) is 0 Å². The van der Waals surface area contributed by atoms with Crippen LogP contribution in [0.2, 0.25) is 0 Å². The van der Waals surface area contributed by atoms with Crippen molar-refractivity contribution in [3.63, 3.8) is 0 Å². The van der Waals surface area contributed by atoms with Crippen LogP contribution in [0.1, 0.15) is 41.0 Å². The maximum Gasteiger partial charge on any atom is 0.407 e. The molecule has 3 aromatic carbocycles. The van der Waals surface area contributed by atoms with Crippen molar-refractivity contribution < 1.29 is 34.0 Å². The Bertz CT molecular complexity index is 1470. The van der Waals surface area contributed by atoms with Gasteiger partial charge in [-0.3, -0.25) is 10.5 Å². The van der Waals surface area contributed by atoms with E-state index in [0.717, 1.165) is 22.3 Å². The van der Waals surface area contributed by atoms with E-state index in [1.165, 1.54) is 0 Å². The molecule has 10 heteroatoms. The van der Waals surface area contributed by atoms with E-state index in [1.807, 2.05) is 84.9 Å². The fourth-order valence-corrected chi connectivity index (χ4v) is 7.44. The number of aliphatic hydroxyl groups excluding tert-OH is 2. The van der Waals surface area contributed by atoms with Crippen LogP contribution in [0.25, 0.3) is 0 Å². The minimum atomic E-state index is -1.47. The molecule has 2 fully saturated rings. The predicted molar refractivity (Wildman–Crippen MR) is 171 cm³/mol. The summed E-state index contributed by atoms with van der Waals surface area (Å²) in [5.74, 6) is -0.858. The van der Waals surface area contributed by atoms with E-state index < -0.39 is 42.2 Å². The molecule has 1 amide bonds. The molecule has 2 saturated heterocycles. The first kappa shape index (κ1) is 32.3. The number of hydrogen-bond donors (Lipinski definition) is 5. The number of rotatable bonds is 12. The highest BCUT2D eigenvalue weighted by Crippen LogP contribution is 2.45. The summed E-state index contributed by atoms with van der Waals surface area (Å²) >= 11 is 0. The third-order valence-electron chi connectivity index (χ3n) is 9.59.